The van der Waals surface area contributed by atoms with Gasteiger partial charge in [-0.05, 0) is 36.3 Å². The largest absolute Gasteiger partial charge is 0.311 e. The number of thioether (sulfide) groups is 1. The van der Waals surface area contributed by atoms with Crippen molar-refractivity contribution in [1.29, 1.82) is 0 Å². The summed E-state index contributed by atoms with van der Waals surface area (Å²) >= 11 is 12.7. The minimum absolute atomic E-state index is 0.147. The average Bonchev–Trinajstić information content (AvgIpc) is 2.92. The predicted octanol–water partition coefficient (Wildman–Crippen LogP) is 4.36. The van der Waals surface area contributed by atoms with Crippen molar-refractivity contribution in [2.75, 3.05) is 11.9 Å². The first kappa shape index (κ1) is 19.5. The predicted molar refractivity (Wildman–Crippen MR) is 113 cm³/mol. The minimum Gasteiger partial charge on any atom is -0.311 e. The molecule has 0 aliphatic carbocycles. The van der Waals surface area contributed by atoms with Gasteiger partial charge < -0.3 is 5.32 Å². The maximum atomic E-state index is 12.6. The summed E-state index contributed by atoms with van der Waals surface area (Å²) in [6.07, 6.45) is 4.14. The fourth-order valence-corrected chi connectivity index (χ4v) is 3.96. The summed E-state index contributed by atoms with van der Waals surface area (Å²) in [5.74, 6) is 0.205. The Morgan fingerprint density at radius 2 is 2.04 bits per heavy atom. The number of nitrogens with one attached hydrogen (secondary N) is 1. The van der Waals surface area contributed by atoms with Gasteiger partial charge in [0.05, 0.1) is 4.91 Å². The Kier molecular flexibility index (Phi) is 6.60. The molecule has 0 spiro atoms. The summed E-state index contributed by atoms with van der Waals surface area (Å²) in [5, 5.41) is 3.30. The molecule has 0 atom stereocenters. The molecule has 1 aliphatic heterocycles. The summed E-state index contributed by atoms with van der Waals surface area (Å²) < 4.78 is 0.489. The van der Waals surface area contributed by atoms with Crippen molar-refractivity contribution >= 4 is 63.6 Å². The SMILES string of the molecule is O=C(CCCN1C(=O)/C(=C\c2ccccc2Cl)SC1=S)Nc1ccccn1. The van der Waals surface area contributed by atoms with E-state index in [-0.39, 0.29) is 18.2 Å². The number of carbonyl (C=O) groups is 2. The van der Waals surface area contributed by atoms with Crippen molar-refractivity contribution in [2.45, 2.75) is 12.8 Å². The van der Waals surface area contributed by atoms with Crippen LogP contribution in [0.25, 0.3) is 6.08 Å². The van der Waals surface area contributed by atoms with Gasteiger partial charge in [-0.15, -0.1) is 0 Å². The molecule has 2 aromatic rings. The third-order valence-electron chi connectivity index (χ3n) is 3.78. The van der Waals surface area contributed by atoms with E-state index in [0.29, 0.717) is 33.0 Å². The van der Waals surface area contributed by atoms with E-state index < -0.39 is 0 Å². The number of thiocarbonyl (C=S) groups is 1. The summed E-state index contributed by atoms with van der Waals surface area (Å²) in [5.41, 5.74) is 0.773. The van der Waals surface area contributed by atoms with Crippen LogP contribution in [0.1, 0.15) is 18.4 Å². The molecule has 138 valence electrons. The van der Waals surface area contributed by atoms with Gasteiger partial charge in [0.2, 0.25) is 5.91 Å². The fourth-order valence-electron chi connectivity index (χ4n) is 2.47. The van der Waals surface area contributed by atoms with Gasteiger partial charge in [-0.1, -0.05) is 59.8 Å². The molecule has 1 N–H and O–H groups in total. The Morgan fingerprint density at radius 3 is 2.78 bits per heavy atom. The van der Waals surface area contributed by atoms with Crippen LogP contribution in [0, 0.1) is 0 Å². The van der Waals surface area contributed by atoms with Crippen molar-refractivity contribution < 1.29 is 9.59 Å². The highest BCUT2D eigenvalue weighted by molar-refractivity contribution is 8.26. The Bertz CT molecular complexity index is 903. The number of carbonyl (C=O) groups excluding carboxylic acids is 2. The molecule has 0 bridgehead atoms. The molecular formula is C19H16ClN3O2S2. The van der Waals surface area contributed by atoms with Gasteiger partial charge >= 0.3 is 0 Å². The highest BCUT2D eigenvalue weighted by Gasteiger charge is 2.31. The molecule has 1 aromatic carbocycles. The molecule has 1 aliphatic rings. The van der Waals surface area contributed by atoms with Crippen molar-refractivity contribution in [1.82, 2.24) is 9.88 Å². The number of aromatic nitrogens is 1. The number of benzene rings is 1. The molecule has 3 rings (SSSR count). The van der Waals surface area contributed by atoms with E-state index in [1.54, 1.807) is 36.5 Å². The second-order valence-corrected chi connectivity index (χ2v) is 7.80. The lowest BCUT2D eigenvalue weighted by Gasteiger charge is -2.14. The van der Waals surface area contributed by atoms with E-state index in [4.69, 9.17) is 23.8 Å². The average molecular weight is 418 g/mol. The molecule has 2 amide bonds. The van der Waals surface area contributed by atoms with Crippen LogP contribution in [0.2, 0.25) is 5.02 Å². The number of nitrogens with zero attached hydrogens (tertiary/aromatic N) is 2. The lowest BCUT2D eigenvalue weighted by molar-refractivity contribution is -0.122. The molecule has 1 fully saturated rings. The van der Waals surface area contributed by atoms with Crippen LogP contribution in [0.3, 0.4) is 0 Å². The highest BCUT2D eigenvalue weighted by Crippen LogP contribution is 2.33. The zero-order valence-corrected chi connectivity index (χ0v) is 16.6. The second-order valence-electron chi connectivity index (χ2n) is 5.72. The zero-order valence-electron chi connectivity index (χ0n) is 14.2. The molecule has 2 heterocycles. The number of rotatable bonds is 6. The number of pyridine rings is 1. The highest BCUT2D eigenvalue weighted by atomic mass is 35.5. The topological polar surface area (TPSA) is 62.3 Å². The molecule has 8 heteroatoms. The molecule has 27 heavy (non-hydrogen) atoms. The van der Waals surface area contributed by atoms with Gasteiger partial charge in [-0.3, -0.25) is 14.5 Å². The quantitative estimate of drug-likeness (QED) is 0.559. The van der Waals surface area contributed by atoms with Gasteiger partial charge in [0.25, 0.3) is 5.91 Å². The second kappa shape index (κ2) is 9.12. The Morgan fingerprint density at radius 1 is 1.26 bits per heavy atom. The Hall–Kier alpha value is -2.22. The molecule has 0 unspecified atom stereocenters. The third-order valence-corrected chi connectivity index (χ3v) is 5.51. The van der Waals surface area contributed by atoms with Crippen molar-refractivity contribution in [3.05, 3.63) is 64.2 Å². The van der Waals surface area contributed by atoms with Crippen LogP contribution in [0.15, 0.2) is 53.6 Å². The monoisotopic (exact) mass is 417 g/mol. The van der Waals surface area contributed by atoms with Crippen LogP contribution >= 0.6 is 35.6 Å². The van der Waals surface area contributed by atoms with E-state index in [9.17, 15) is 9.59 Å². The van der Waals surface area contributed by atoms with Crippen molar-refractivity contribution in [2.24, 2.45) is 0 Å². The molecule has 0 radical (unpaired) electrons. The number of hydrogen-bond donors (Lipinski definition) is 1. The van der Waals surface area contributed by atoms with Crippen LogP contribution in [-0.2, 0) is 9.59 Å². The zero-order chi connectivity index (χ0) is 19.2. The van der Waals surface area contributed by atoms with E-state index >= 15 is 0 Å². The van der Waals surface area contributed by atoms with Gasteiger partial charge in [-0.25, -0.2) is 4.98 Å². The van der Waals surface area contributed by atoms with Crippen LogP contribution in [0.4, 0.5) is 5.82 Å². The fraction of sp³-hybridized carbons (Fsp3) is 0.158. The number of amides is 2. The van der Waals surface area contributed by atoms with E-state index in [1.165, 1.54) is 16.7 Å². The summed E-state index contributed by atoms with van der Waals surface area (Å²) in [6, 6.07) is 12.6. The van der Waals surface area contributed by atoms with Crippen LogP contribution in [-0.4, -0.2) is 32.6 Å². The molecule has 0 saturated carbocycles. The van der Waals surface area contributed by atoms with E-state index in [2.05, 4.69) is 10.3 Å². The minimum atomic E-state index is -0.157. The van der Waals surface area contributed by atoms with E-state index in [1.807, 2.05) is 18.2 Å². The maximum Gasteiger partial charge on any atom is 0.266 e. The summed E-state index contributed by atoms with van der Waals surface area (Å²) in [6.45, 7) is 0.389. The Balaban J connectivity index is 1.55. The number of halogens is 1. The first-order chi connectivity index (χ1) is 13.0. The first-order valence-corrected chi connectivity index (χ1v) is 9.85. The van der Waals surface area contributed by atoms with Gasteiger partial charge in [-0.2, -0.15) is 0 Å². The van der Waals surface area contributed by atoms with Crippen molar-refractivity contribution in [3.8, 4) is 0 Å². The van der Waals surface area contributed by atoms with Gasteiger partial charge in [0, 0.05) is 24.2 Å². The molecule has 5 nitrogen and oxygen atoms in total. The first-order valence-electron chi connectivity index (χ1n) is 8.25. The number of anilines is 1. The standard InChI is InChI=1S/C19H16ClN3O2S2/c20-14-7-2-1-6-13(14)12-15-18(25)23(19(26)27-15)11-5-9-17(24)22-16-8-3-4-10-21-16/h1-4,6-8,10,12H,5,9,11H2,(H,21,22,24)/b15-12+. The molecule has 1 aromatic heterocycles. The van der Waals surface area contributed by atoms with Crippen LogP contribution < -0.4 is 5.32 Å². The molecular weight excluding hydrogens is 402 g/mol. The Labute approximate surface area is 171 Å². The van der Waals surface area contributed by atoms with Gasteiger partial charge in [0.1, 0.15) is 10.1 Å². The normalized spacial score (nSPS) is 15.4. The molecule has 1 saturated heterocycles. The van der Waals surface area contributed by atoms with Gasteiger partial charge in [0.15, 0.2) is 0 Å². The maximum absolute atomic E-state index is 12.6. The number of hydrogen-bond acceptors (Lipinski definition) is 5. The van der Waals surface area contributed by atoms with Crippen LogP contribution in [0.5, 0.6) is 0 Å². The summed E-state index contributed by atoms with van der Waals surface area (Å²) in [4.78, 5) is 30.7. The van der Waals surface area contributed by atoms with Crippen molar-refractivity contribution in [3.63, 3.8) is 0 Å². The van der Waals surface area contributed by atoms with E-state index in [0.717, 1.165) is 5.56 Å². The lowest BCUT2D eigenvalue weighted by Crippen LogP contribution is -2.29. The third kappa shape index (κ3) is 5.15. The lowest BCUT2D eigenvalue weighted by atomic mass is 10.2. The smallest absolute Gasteiger partial charge is 0.266 e. The summed E-state index contributed by atoms with van der Waals surface area (Å²) in [7, 11) is 0.